The predicted octanol–water partition coefficient (Wildman–Crippen LogP) is 12.3. The molecule has 0 bridgehead atoms. The van der Waals surface area contributed by atoms with Crippen LogP contribution in [0.25, 0.3) is 76.9 Å². The molecule has 8 aromatic carbocycles. The van der Waals surface area contributed by atoms with Crippen molar-refractivity contribution >= 4 is 60.5 Å². The number of aliphatic imine (C=N–C) groups is 1. The van der Waals surface area contributed by atoms with Gasteiger partial charge in [0.15, 0.2) is 0 Å². The maximum atomic E-state index is 6.52. The lowest BCUT2D eigenvalue weighted by Crippen LogP contribution is -2.45. The van der Waals surface area contributed by atoms with Crippen molar-refractivity contribution in [3.63, 3.8) is 0 Å². The lowest BCUT2D eigenvalue weighted by Gasteiger charge is -2.32. The third-order valence-corrected chi connectivity index (χ3v) is 10.8. The van der Waals surface area contributed by atoms with Gasteiger partial charge in [0.1, 0.15) is 40.5 Å². The monoisotopic (exact) mass is 695 g/mol. The van der Waals surface area contributed by atoms with E-state index in [-0.39, 0.29) is 12.3 Å². The summed E-state index contributed by atoms with van der Waals surface area (Å²) in [5.41, 5.74) is 11.3. The minimum atomic E-state index is -0.280. The summed E-state index contributed by atoms with van der Waals surface area (Å²) in [5, 5.41) is 14.3. The SMILES string of the molecule is c1ccc(-c2ccc3c(c2)oc2cccc(-c4cccc5c(C6=NC(c7ccccc7)NC(c7cccc8c7oc7ccccc78)N6)cccc45)c23)cc1. The van der Waals surface area contributed by atoms with Gasteiger partial charge in [-0.15, -0.1) is 0 Å². The van der Waals surface area contributed by atoms with Gasteiger partial charge in [-0.05, 0) is 62.9 Å². The summed E-state index contributed by atoms with van der Waals surface area (Å²) >= 11 is 0. The average Bonchev–Trinajstić information content (AvgIpc) is 3.82. The zero-order valence-electron chi connectivity index (χ0n) is 29.2. The van der Waals surface area contributed by atoms with E-state index in [0.717, 1.165) is 93.9 Å². The molecular formula is C49H33N3O2. The van der Waals surface area contributed by atoms with Crippen LogP contribution in [0.2, 0.25) is 0 Å². The minimum absolute atomic E-state index is 0.266. The highest BCUT2D eigenvalue weighted by molar-refractivity contribution is 6.18. The van der Waals surface area contributed by atoms with Crippen molar-refractivity contribution in [1.29, 1.82) is 0 Å². The summed E-state index contributed by atoms with van der Waals surface area (Å²) in [6.07, 6.45) is -0.547. The molecule has 0 radical (unpaired) electrons. The quantitative estimate of drug-likeness (QED) is 0.188. The number of benzene rings is 8. The van der Waals surface area contributed by atoms with Crippen molar-refractivity contribution in [3.05, 3.63) is 193 Å². The summed E-state index contributed by atoms with van der Waals surface area (Å²) < 4.78 is 13.0. The van der Waals surface area contributed by atoms with E-state index < -0.39 is 0 Å². The van der Waals surface area contributed by atoms with E-state index in [1.165, 1.54) is 5.56 Å². The van der Waals surface area contributed by atoms with Crippen molar-refractivity contribution in [3.8, 4) is 22.3 Å². The first-order chi connectivity index (χ1) is 26.8. The van der Waals surface area contributed by atoms with E-state index >= 15 is 0 Å². The molecule has 0 spiro atoms. The standard InChI is InChI=1S/C49H33N3O2/c1-3-13-30(14-4-1)32-27-28-40-44(29-32)53-43-26-12-21-37(45(40)43)34-19-9-20-35-33(34)18-10-23-39(35)48-50-47(31-15-5-2-6-16-31)51-49(52-48)41-24-11-22-38-36-17-7-8-25-42(36)54-46(38)41/h1-29,47,49,51H,(H,50,52). The second kappa shape index (κ2) is 12.3. The molecule has 2 aromatic heterocycles. The Bertz CT molecular complexity index is 3070. The van der Waals surface area contributed by atoms with Crippen molar-refractivity contribution in [2.24, 2.45) is 4.99 Å². The topological polar surface area (TPSA) is 62.7 Å². The molecule has 54 heavy (non-hydrogen) atoms. The third kappa shape index (κ3) is 4.94. The number of para-hydroxylation sites is 2. The van der Waals surface area contributed by atoms with Gasteiger partial charge >= 0.3 is 0 Å². The van der Waals surface area contributed by atoms with Crippen LogP contribution >= 0.6 is 0 Å². The van der Waals surface area contributed by atoms with Crippen LogP contribution in [0.4, 0.5) is 0 Å². The van der Waals surface area contributed by atoms with Gasteiger partial charge in [0, 0.05) is 32.7 Å². The number of nitrogens with one attached hydrogen (secondary N) is 2. The average molecular weight is 696 g/mol. The third-order valence-electron chi connectivity index (χ3n) is 10.8. The molecule has 1 aliphatic heterocycles. The summed E-state index contributed by atoms with van der Waals surface area (Å²) in [4.78, 5) is 5.34. The number of nitrogens with zero attached hydrogens (tertiary/aromatic N) is 1. The largest absolute Gasteiger partial charge is 0.456 e. The molecule has 11 rings (SSSR count). The Morgan fingerprint density at radius 1 is 0.444 bits per heavy atom. The molecule has 0 fully saturated rings. The number of furan rings is 2. The van der Waals surface area contributed by atoms with Crippen molar-refractivity contribution < 1.29 is 8.83 Å². The van der Waals surface area contributed by atoms with E-state index in [2.05, 4.69) is 162 Å². The molecule has 2 atom stereocenters. The van der Waals surface area contributed by atoms with E-state index in [0.29, 0.717) is 0 Å². The van der Waals surface area contributed by atoms with Crippen LogP contribution in [0.15, 0.2) is 190 Å². The summed E-state index contributed by atoms with van der Waals surface area (Å²) in [6, 6.07) is 61.5. The molecule has 10 aromatic rings. The van der Waals surface area contributed by atoms with E-state index in [1.807, 2.05) is 24.3 Å². The molecule has 2 N–H and O–H groups in total. The Balaban J connectivity index is 1.06. The van der Waals surface area contributed by atoms with Gasteiger partial charge in [-0.1, -0.05) is 152 Å². The highest BCUT2D eigenvalue weighted by Crippen LogP contribution is 2.41. The first-order valence-electron chi connectivity index (χ1n) is 18.4. The molecule has 0 saturated carbocycles. The van der Waals surface area contributed by atoms with Gasteiger partial charge in [0.05, 0.1) is 0 Å². The van der Waals surface area contributed by atoms with Crippen LogP contribution in [0.1, 0.15) is 29.0 Å². The van der Waals surface area contributed by atoms with Crippen LogP contribution < -0.4 is 10.6 Å². The Morgan fingerprint density at radius 2 is 1.11 bits per heavy atom. The fraction of sp³-hybridized carbons (Fsp3) is 0.0408. The first kappa shape index (κ1) is 30.7. The van der Waals surface area contributed by atoms with Gasteiger partial charge < -0.3 is 14.2 Å². The van der Waals surface area contributed by atoms with E-state index in [4.69, 9.17) is 13.8 Å². The maximum Gasteiger partial charge on any atom is 0.142 e. The van der Waals surface area contributed by atoms with Crippen LogP contribution in [0.5, 0.6) is 0 Å². The Labute approximate surface area is 311 Å². The van der Waals surface area contributed by atoms with Gasteiger partial charge in [-0.25, -0.2) is 4.99 Å². The molecule has 5 nitrogen and oxygen atoms in total. The predicted molar refractivity (Wildman–Crippen MR) is 221 cm³/mol. The molecule has 2 unspecified atom stereocenters. The Kier molecular flexibility index (Phi) is 7.00. The highest BCUT2D eigenvalue weighted by Gasteiger charge is 2.29. The summed E-state index contributed by atoms with van der Waals surface area (Å²) in [5.74, 6) is 0.823. The molecule has 5 heteroatoms. The minimum Gasteiger partial charge on any atom is -0.456 e. The fourth-order valence-electron chi connectivity index (χ4n) is 8.27. The van der Waals surface area contributed by atoms with E-state index in [9.17, 15) is 0 Å². The maximum absolute atomic E-state index is 6.52. The molecular weight excluding hydrogens is 663 g/mol. The van der Waals surface area contributed by atoms with Crippen molar-refractivity contribution in [1.82, 2.24) is 10.6 Å². The van der Waals surface area contributed by atoms with Crippen LogP contribution in [-0.2, 0) is 0 Å². The molecule has 256 valence electrons. The smallest absolute Gasteiger partial charge is 0.142 e. The van der Waals surface area contributed by atoms with Gasteiger partial charge in [-0.3, -0.25) is 5.32 Å². The molecule has 3 heterocycles. The molecule has 0 saturated heterocycles. The van der Waals surface area contributed by atoms with Gasteiger partial charge in [-0.2, -0.15) is 0 Å². The number of fused-ring (bicyclic) bond motifs is 7. The fourth-order valence-corrected chi connectivity index (χ4v) is 8.27. The Hall–Kier alpha value is -6.95. The highest BCUT2D eigenvalue weighted by atomic mass is 16.3. The van der Waals surface area contributed by atoms with E-state index in [1.54, 1.807) is 0 Å². The van der Waals surface area contributed by atoms with Gasteiger partial charge in [0.25, 0.3) is 0 Å². The molecule has 0 amide bonds. The second-order valence-corrected chi connectivity index (χ2v) is 13.9. The number of rotatable bonds is 5. The first-order valence-corrected chi connectivity index (χ1v) is 18.4. The van der Waals surface area contributed by atoms with Gasteiger partial charge in [0.2, 0.25) is 0 Å². The summed E-state index contributed by atoms with van der Waals surface area (Å²) in [7, 11) is 0. The van der Waals surface area contributed by atoms with Crippen LogP contribution in [0, 0.1) is 0 Å². The zero-order valence-corrected chi connectivity index (χ0v) is 29.2. The molecule has 1 aliphatic rings. The number of amidine groups is 1. The second-order valence-electron chi connectivity index (χ2n) is 13.9. The number of hydrogen-bond acceptors (Lipinski definition) is 5. The van der Waals surface area contributed by atoms with Crippen LogP contribution in [-0.4, -0.2) is 5.84 Å². The summed E-state index contributed by atoms with van der Waals surface area (Å²) in [6.45, 7) is 0. The van der Waals surface area contributed by atoms with Crippen LogP contribution in [0.3, 0.4) is 0 Å². The van der Waals surface area contributed by atoms with Crippen molar-refractivity contribution in [2.45, 2.75) is 12.3 Å². The number of hydrogen-bond donors (Lipinski definition) is 2. The normalized spacial score (nSPS) is 16.0. The molecule has 0 aliphatic carbocycles. The Morgan fingerprint density at radius 3 is 1.98 bits per heavy atom. The van der Waals surface area contributed by atoms with Crippen molar-refractivity contribution in [2.75, 3.05) is 0 Å². The zero-order chi connectivity index (χ0) is 35.6. The lowest BCUT2D eigenvalue weighted by molar-refractivity contribution is 0.408. The lowest BCUT2D eigenvalue weighted by atomic mass is 9.92.